The fourth-order valence-electron chi connectivity index (χ4n) is 5.24. The summed E-state index contributed by atoms with van der Waals surface area (Å²) >= 11 is 0. The van der Waals surface area contributed by atoms with E-state index in [1.807, 2.05) is 24.3 Å². The van der Waals surface area contributed by atoms with E-state index >= 15 is 0 Å². The molecule has 0 unspecified atom stereocenters. The lowest BCUT2D eigenvalue weighted by molar-refractivity contribution is -0.144. The fraction of sp³-hybridized carbons (Fsp3) is 0.667. The minimum absolute atomic E-state index is 0.0534. The van der Waals surface area contributed by atoms with Crippen LogP contribution in [0.4, 0.5) is 0 Å². The van der Waals surface area contributed by atoms with Gasteiger partial charge in [0.25, 0.3) is 0 Å². The summed E-state index contributed by atoms with van der Waals surface area (Å²) in [5.74, 6) is 0.461. The first-order valence-corrected chi connectivity index (χ1v) is 14.0. The monoisotopic (exact) mass is 499 g/mol. The van der Waals surface area contributed by atoms with Crippen molar-refractivity contribution >= 4 is 11.8 Å². The largest absolute Gasteiger partial charge is 0.464 e. The second-order valence-corrected chi connectivity index (χ2v) is 10.2. The number of allylic oxidation sites excluding steroid dienone is 2. The molecule has 0 bridgehead atoms. The summed E-state index contributed by atoms with van der Waals surface area (Å²) in [6.45, 7) is 6.71. The second kappa shape index (κ2) is 16.0. The standard InChI is InChI=1S/C30H45NO5/c1-2-3-6-10-27(32)24-12-14-26(15-13-24)30-25(16-17-28(30)33)9-7-4-5-8-11-29(34)36-23-20-31-18-21-35-22-19-31/h4,7,12-15,25,27,30,32H,2-3,5-6,8-11,16-23H2,1H3/b7-4+/t25-,27+,30-/m0/s1. The van der Waals surface area contributed by atoms with E-state index in [4.69, 9.17) is 9.47 Å². The van der Waals surface area contributed by atoms with Crippen LogP contribution in [-0.2, 0) is 19.1 Å². The number of carbonyl (C=O) groups excluding carboxylic acids is 2. The number of unbranched alkanes of at least 4 members (excludes halogenated alkanes) is 3. The Labute approximate surface area is 217 Å². The molecular formula is C30H45NO5. The van der Waals surface area contributed by atoms with Gasteiger partial charge in [-0.2, -0.15) is 0 Å². The number of aliphatic hydroxyl groups excluding tert-OH is 1. The number of benzene rings is 1. The molecule has 6 nitrogen and oxygen atoms in total. The first-order valence-electron chi connectivity index (χ1n) is 14.0. The van der Waals surface area contributed by atoms with E-state index in [-0.39, 0.29) is 11.9 Å². The number of morpholine rings is 1. The summed E-state index contributed by atoms with van der Waals surface area (Å²) in [4.78, 5) is 26.9. The number of hydrogen-bond donors (Lipinski definition) is 1. The maximum atomic E-state index is 12.6. The molecule has 1 aromatic rings. The minimum atomic E-state index is -0.425. The van der Waals surface area contributed by atoms with Crippen molar-refractivity contribution in [1.82, 2.24) is 4.90 Å². The van der Waals surface area contributed by atoms with Crippen LogP contribution in [0.25, 0.3) is 0 Å². The molecule has 1 saturated heterocycles. The number of carbonyl (C=O) groups is 2. The Morgan fingerprint density at radius 3 is 2.69 bits per heavy atom. The van der Waals surface area contributed by atoms with Crippen molar-refractivity contribution in [1.29, 1.82) is 0 Å². The average Bonchev–Trinajstić information content (AvgIpc) is 3.27. The second-order valence-electron chi connectivity index (χ2n) is 10.2. The molecule has 1 aliphatic carbocycles. The summed E-state index contributed by atoms with van der Waals surface area (Å²) in [6, 6.07) is 8.05. The zero-order valence-electron chi connectivity index (χ0n) is 22.0. The first-order chi connectivity index (χ1) is 17.6. The van der Waals surface area contributed by atoms with Crippen molar-refractivity contribution in [3.05, 3.63) is 47.5 Å². The molecular weight excluding hydrogens is 454 g/mol. The van der Waals surface area contributed by atoms with Crippen LogP contribution in [0.1, 0.15) is 94.3 Å². The van der Waals surface area contributed by atoms with Crippen LogP contribution in [0.2, 0.25) is 0 Å². The van der Waals surface area contributed by atoms with Crippen LogP contribution in [0, 0.1) is 5.92 Å². The SMILES string of the molecule is CCCCC[C@@H](O)c1ccc([C@H]2C(=O)CC[C@@H]2C/C=C/CCCC(=O)OCCN2CCOCC2)cc1. The summed E-state index contributed by atoms with van der Waals surface area (Å²) < 4.78 is 10.7. The third-order valence-corrected chi connectivity index (χ3v) is 7.47. The highest BCUT2D eigenvalue weighted by atomic mass is 16.5. The van der Waals surface area contributed by atoms with Gasteiger partial charge in [-0.3, -0.25) is 14.5 Å². The minimum Gasteiger partial charge on any atom is -0.464 e. The predicted molar refractivity (Wildman–Crippen MR) is 142 cm³/mol. The zero-order chi connectivity index (χ0) is 25.6. The van der Waals surface area contributed by atoms with Gasteiger partial charge in [0.05, 0.1) is 19.3 Å². The molecule has 1 aromatic carbocycles. The Balaban J connectivity index is 1.35. The van der Waals surface area contributed by atoms with Crippen molar-refractivity contribution in [3.8, 4) is 0 Å². The smallest absolute Gasteiger partial charge is 0.305 e. The first kappa shape index (κ1) is 28.5. The Morgan fingerprint density at radius 1 is 1.17 bits per heavy atom. The van der Waals surface area contributed by atoms with E-state index in [9.17, 15) is 14.7 Å². The lowest BCUT2D eigenvalue weighted by Gasteiger charge is -2.26. The maximum absolute atomic E-state index is 12.6. The summed E-state index contributed by atoms with van der Waals surface area (Å²) in [5.41, 5.74) is 2.01. The van der Waals surface area contributed by atoms with Gasteiger partial charge in [-0.15, -0.1) is 0 Å². The molecule has 0 aromatic heterocycles. The molecule has 2 aliphatic rings. The number of ketones is 1. The third-order valence-electron chi connectivity index (χ3n) is 7.47. The van der Waals surface area contributed by atoms with E-state index in [1.165, 1.54) is 0 Å². The van der Waals surface area contributed by atoms with Crippen LogP contribution in [0.5, 0.6) is 0 Å². The number of ether oxygens (including phenoxy) is 2. The van der Waals surface area contributed by atoms with E-state index < -0.39 is 6.10 Å². The van der Waals surface area contributed by atoms with Crippen LogP contribution in [-0.4, -0.2) is 61.2 Å². The fourth-order valence-corrected chi connectivity index (χ4v) is 5.24. The Kier molecular flexibility index (Phi) is 12.7. The van der Waals surface area contributed by atoms with E-state index in [2.05, 4.69) is 24.0 Å². The summed E-state index contributed by atoms with van der Waals surface area (Å²) in [6.07, 6.45) is 12.5. The normalized spacial score (nSPS) is 21.8. The van der Waals surface area contributed by atoms with Crippen molar-refractivity contribution in [2.24, 2.45) is 5.92 Å². The van der Waals surface area contributed by atoms with Crippen molar-refractivity contribution in [2.45, 2.75) is 83.2 Å². The zero-order valence-corrected chi connectivity index (χ0v) is 22.0. The lowest BCUT2D eigenvalue weighted by atomic mass is 9.85. The molecule has 3 rings (SSSR count). The van der Waals surface area contributed by atoms with Crippen LogP contribution in [0.15, 0.2) is 36.4 Å². The van der Waals surface area contributed by atoms with Gasteiger partial charge in [0.1, 0.15) is 12.4 Å². The topological polar surface area (TPSA) is 76.1 Å². The van der Waals surface area contributed by atoms with Gasteiger partial charge in [0.15, 0.2) is 0 Å². The average molecular weight is 500 g/mol. The van der Waals surface area contributed by atoms with Gasteiger partial charge in [-0.05, 0) is 49.1 Å². The highest BCUT2D eigenvalue weighted by Gasteiger charge is 2.34. The van der Waals surface area contributed by atoms with Crippen molar-refractivity contribution < 1.29 is 24.2 Å². The van der Waals surface area contributed by atoms with E-state index in [1.54, 1.807) is 0 Å². The molecule has 1 saturated carbocycles. The molecule has 2 fully saturated rings. The Morgan fingerprint density at radius 2 is 1.94 bits per heavy atom. The van der Waals surface area contributed by atoms with Gasteiger partial charge in [-0.1, -0.05) is 62.6 Å². The van der Waals surface area contributed by atoms with E-state index in [0.717, 1.165) is 95.3 Å². The summed E-state index contributed by atoms with van der Waals surface area (Å²) in [5, 5.41) is 10.4. The molecule has 0 amide bonds. The molecule has 3 atom stereocenters. The van der Waals surface area contributed by atoms with Gasteiger partial charge in [0, 0.05) is 38.4 Å². The maximum Gasteiger partial charge on any atom is 0.305 e. The number of rotatable bonds is 15. The predicted octanol–water partition coefficient (Wildman–Crippen LogP) is 5.36. The number of aliphatic hydroxyl groups is 1. The Hall–Kier alpha value is -2.02. The number of esters is 1. The quantitative estimate of drug-likeness (QED) is 0.199. The Bertz CT molecular complexity index is 815. The third kappa shape index (κ3) is 9.45. The molecule has 0 spiro atoms. The molecule has 0 radical (unpaired) electrons. The molecule has 200 valence electrons. The highest BCUT2D eigenvalue weighted by molar-refractivity contribution is 5.88. The number of nitrogens with zero attached hydrogens (tertiary/aromatic N) is 1. The summed E-state index contributed by atoms with van der Waals surface area (Å²) in [7, 11) is 0. The molecule has 1 heterocycles. The molecule has 36 heavy (non-hydrogen) atoms. The molecule has 1 N–H and O–H groups in total. The van der Waals surface area contributed by atoms with Crippen LogP contribution >= 0.6 is 0 Å². The van der Waals surface area contributed by atoms with Gasteiger partial charge in [0.2, 0.25) is 0 Å². The van der Waals surface area contributed by atoms with Gasteiger partial charge < -0.3 is 14.6 Å². The van der Waals surface area contributed by atoms with Crippen LogP contribution in [0.3, 0.4) is 0 Å². The van der Waals surface area contributed by atoms with E-state index in [0.29, 0.717) is 31.1 Å². The highest BCUT2D eigenvalue weighted by Crippen LogP contribution is 2.39. The lowest BCUT2D eigenvalue weighted by Crippen LogP contribution is -2.38. The van der Waals surface area contributed by atoms with Crippen molar-refractivity contribution in [3.63, 3.8) is 0 Å². The number of hydrogen-bond acceptors (Lipinski definition) is 6. The number of Topliss-reactive ketones (excluding diaryl/α,β-unsaturated/α-hetero) is 1. The molecule has 6 heteroatoms. The molecule has 1 aliphatic heterocycles. The van der Waals surface area contributed by atoms with Gasteiger partial charge >= 0.3 is 5.97 Å². The van der Waals surface area contributed by atoms with Crippen LogP contribution < -0.4 is 0 Å². The van der Waals surface area contributed by atoms with Gasteiger partial charge in [-0.25, -0.2) is 0 Å². The van der Waals surface area contributed by atoms with Crippen molar-refractivity contribution in [2.75, 3.05) is 39.5 Å².